The van der Waals surface area contributed by atoms with Gasteiger partial charge < -0.3 is 11.1 Å². The SMILES string of the molecule is Nc1ncc(-c2ccc3nccc(Nc4ccc(F)c(Cl)c4)c3n2)cc1NS(=O)(=O)c1ccc(F)cc1F. The molecular weight excluding hydrogens is 541 g/mol. The number of nitrogens with one attached hydrogen (secondary N) is 2. The third-order valence-electron chi connectivity index (χ3n) is 5.42. The third-order valence-corrected chi connectivity index (χ3v) is 7.11. The fourth-order valence-electron chi connectivity index (χ4n) is 3.61. The number of aromatic nitrogens is 3. The van der Waals surface area contributed by atoms with Crippen LogP contribution in [0.4, 0.5) is 36.1 Å². The number of rotatable bonds is 6. The predicted molar refractivity (Wildman–Crippen MR) is 139 cm³/mol. The third kappa shape index (κ3) is 5.04. The van der Waals surface area contributed by atoms with Gasteiger partial charge in [0.25, 0.3) is 10.0 Å². The van der Waals surface area contributed by atoms with Crippen LogP contribution in [0.5, 0.6) is 0 Å². The highest BCUT2D eigenvalue weighted by atomic mass is 35.5. The maximum atomic E-state index is 14.1. The van der Waals surface area contributed by atoms with Crippen molar-refractivity contribution in [3.63, 3.8) is 0 Å². The van der Waals surface area contributed by atoms with Crippen LogP contribution in [0.1, 0.15) is 0 Å². The zero-order valence-electron chi connectivity index (χ0n) is 19.1. The Morgan fingerprint density at radius 2 is 1.68 bits per heavy atom. The number of sulfonamides is 1. The van der Waals surface area contributed by atoms with Crippen molar-refractivity contribution in [3.8, 4) is 11.3 Å². The van der Waals surface area contributed by atoms with Gasteiger partial charge in [-0.2, -0.15) is 0 Å². The van der Waals surface area contributed by atoms with Gasteiger partial charge in [0.1, 0.15) is 33.7 Å². The first kappa shape index (κ1) is 25.2. The van der Waals surface area contributed by atoms with Gasteiger partial charge in [0.05, 0.1) is 27.6 Å². The first-order chi connectivity index (χ1) is 18.1. The van der Waals surface area contributed by atoms with Crippen molar-refractivity contribution >= 4 is 55.5 Å². The minimum Gasteiger partial charge on any atom is -0.382 e. The molecule has 0 amide bonds. The molecule has 0 aliphatic rings. The molecule has 0 aliphatic carbocycles. The van der Waals surface area contributed by atoms with Crippen molar-refractivity contribution in [2.45, 2.75) is 4.90 Å². The zero-order chi connectivity index (χ0) is 27.0. The Balaban J connectivity index is 1.51. The lowest BCUT2D eigenvalue weighted by Crippen LogP contribution is -2.16. The van der Waals surface area contributed by atoms with Crippen LogP contribution in [0.2, 0.25) is 5.02 Å². The summed E-state index contributed by atoms with van der Waals surface area (Å²) in [5.41, 5.74) is 8.60. The molecule has 192 valence electrons. The number of fused-ring (bicyclic) bond motifs is 1. The van der Waals surface area contributed by atoms with Gasteiger partial charge in [-0.25, -0.2) is 31.6 Å². The Labute approximate surface area is 219 Å². The van der Waals surface area contributed by atoms with Crippen molar-refractivity contribution in [1.29, 1.82) is 0 Å². The van der Waals surface area contributed by atoms with Gasteiger partial charge in [-0.3, -0.25) is 9.71 Å². The summed E-state index contributed by atoms with van der Waals surface area (Å²) in [4.78, 5) is 12.2. The van der Waals surface area contributed by atoms with Crippen LogP contribution in [0.15, 0.2) is 78.0 Å². The number of pyridine rings is 3. The number of nitrogen functional groups attached to an aromatic ring is 1. The molecule has 0 atom stereocenters. The van der Waals surface area contributed by atoms with Crippen molar-refractivity contribution in [3.05, 3.63) is 95.5 Å². The summed E-state index contributed by atoms with van der Waals surface area (Å²) in [6, 6.07) is 12.7. The Hall–Kier alpha value is -4.42. The molecule has 5 aromatic rings. The average molecular weight is 557 g/mol. The number of nitrogens with zero attached hydrogens (tertiary/aromatic N) is 3. The van der Waals surface area contributed by atoms with Crippen molar-refractivity contribution < 1.29 is 21.6 Å². The highest BCUT2D eigenvalue weighted by Crippen LogP contribution is 2.31. The van der Waals surface area contributed by atoms with Crippen LogP contribution in [-0.4, -0.2) is 23.4 Å². The van der Waals surface area contributed by atoms with Gasteiger partial charge in [-0.1, -0.05) is 11.6 Å². The Morgan fingerprint density at radius 3 is 2.45 bits per heavy atom. The highest BCUT2D eigenvalue weighted by Gasteiger charge is 2.21. The van der Waals surface area contributed by atoms with E-state index in [0.29, 0.717) is 39.7 Å². The molecule has 8 nitrogen and oxygen atoms in total. The van der Waals surface area contributed by atoms with E-state index < -0.39 is 32.4 Å². The first-order valence-electron chi connectivity index (χ1n) is 10.8. The number of benzene rings is 2. The van der Waals surface area contributed by atoms with E-state index in [0.717, 1.165) is 12.1 Å². The summed E-state index contributed by atoms with van der Waals surface area (Å²) in [6.07, 6.45) is 2.96. The van der Waals surface area contributed by atoms with Crippen LogP contribution >= 0.6 is 11.6 Å². The smallest absolute Gasteiger partial charge is 0.264 e. The van der Waals surface area contributed by atoms with Crippen LogP contribution in [0, 0.1) is 17.5 Å². The number of nitrogens with two attached hydrogens (primary N) is 1. The van der Waals surface area contributed by atoms with Gasteiger partial charge in [0.2, 0.25) is 0 Å². The van der Waals surface area contributed by atoms with Gasteiger partial charge in [0.15, 0.2) is 0 Å². The molecule has 2 aromatic carbocycles. The van der Waals surface area contributed by atoms with E-state index in [-0.39, 0.29) is 16.5 Å². The summed E-state index contributed by atoms with van der Waals surface area (Å²) < 4.78 is 68.6. The fraction of sp³-hybridized carbons (Fsp3) is 0. The molecule has 3 aromatic heterocycles. The van der Waals surface area contributed by atoms with E-state index in [1.807, 2.05) is 0 Å². The standard InChI is InChI=1S/C25H16ClF3N6O2S/c26-16-11-15(2-3-17(16)28)33-21-7-8-31-20-5-4-19(34-24(20)21)13-9-22(25(30)32-12-13)35-38(36,37)23-6-1-14(27)10-18(23)29/h1-12,35H,(H2,30,32)(H,31,33). The quantitative estimate of drug-likeness (QED) is 0.238. The van der Waals surface area contributed by atoms with Gasteiger partial charge in [0, 0.05) is 29.7 Å². The zero-order valence-corrected chi connectivity index (χ0v) is 20.7. The maximum absolute atomic E-state index is 14.1. The monoisotopic (exact) mass is 556 g/mol. The van der Waals surface area contributed by atoms with E-state index in [4.69, 9.17) is 17.3 Å². The Bertz CT molecular complexity index is 1820. The second-order valence-corrected chi connectivity index (χ2v) is 10.1. The summed E-state index contributed by atoms with van der Waals surface area (Å²) in [6.45, 7) is 0. The summed E-state index contributed by atoms with van der Waals surface area (Å²) >= 11 is 5.89. The molecular formula is C25H16ClF3N6O2S. The summed E-state index contributed by atoms with van der Waals surface area (Å²) in [7, 11) is -4.45. The predicted octanol–water partition coefficient (Wildman–Crippen LogP) is 5.89. The molecule has 0 saturated heterocycles. The molecule has 0 saturated carbocycles. The molecule has 0 radical (unpaired) electrons. The maximum Gasteiger partial charge on any atom is 0.264 e. The van der Waals surface area contributed by atoms with E-state index in [1.54, 1.807) is 24.4 Å². The lowest BCUT2D eigenvalue weighted by atomic mass is 10.1. The molecule has 0 bridgehead atoms. The van der Waals surface area contributed by atoms with Crippen LogP contribution in [0.25, 0.3) is 22.3 Å². The molecule has 0 aliphatic heterocycles. The van der Waals surface area contributed by atoms with Crippen LogP contribution in [0.3, 0.4) is 0 Å². The van der Waals surface area contributed by atoms with Crippen molar-refractivity contribution in [2.24, 2.45) is 0 Å². The number of anilines is 4. The molecule has 4 N–H and O–H groups in total. The van der Waals surface area contributed by atoms with Crippen molar-refractivity contribution in [1.82, 2.24) is 15.0 Å². The van der Waals surface area contributed by atoms with Crippen LogP contribution in [-0.2, 0) is 10.0 Å². The molecule has 0 unspecified atom stereocenters. The number of hydrogen-bond donors (Lipinski definition) is 3. The Kier molecular flexibility index (Phi) is 6.51. The van der Waals surface area contributed by atoms with E-state index >= 15 is 0 Å². The normalized spacial score (nSPS) is 11.5. The van der Waals surface area contributed by atoms with Crippen molar-refractivity contribution in [2.75, 3.05) is 15.8 Å². The number of hydrogen-bond acceptors (Lipinski definition) is 7. The van der Waals surface area contributed by atoms with E-state index in [1.165, 1.54) is 30.5 Å². The fourth-order valence-corrected chi connectivity index (χ4v) is 4.91. The summed E-state index contributed by atoms with van der Waals surface area (Å²) in [5.74, 6) is -2.90. The molecule has 38 heavy (non-hydrogen) atoms. The number of halogens is 4. The average Bonchev–Trinajstić information content (AvgIpc) is 2.87. The van der Waals surface area contributed by atoms with E-state index in [9.17, 15) is 21.6 Å². The first-order valence-corrected chi connectivity index (χ1v) is 12.7. The van der Waals surface area contributed by atoms with E-state index in [2.05, 4.69) is 25.0 Å². The molecule has 5 rings (SSSR count). The minimum absolute atomic E-state index is 0.0505. The molecule has 3 heterocycles. The second-order valence-electron chi connectivity index (χ2n) is 8.01. The van der Waals surface area contributed by atoms with Gasteiger partial charge >= 0.3 is 0 Å². The minimum atomic E-state index is -4.45. The lowest BCUT2D eigenvalue weighted by Gasteiger charge is -2.13. The topological polar surface area (TPSA) is 123 Å². The molecule has 0 spiro atoms. The van der Waals surface area contributed by atoms with Gasteiger partial charge in [-0.15, -0.1) is 0 Å². The Morgan fingerprint density at radius 1 is 0.868 bits per heavy atom. The van der Waals surface area contributed by atoms with Gasteiger partial charge in [-0.05, 0) is 54.6 Å². The largest absolute Gasteiger partial charge is 0.382 e. The summed E-state index contributed by atoms with van der Waals surface area (Å²) in [5, 5.41) is 3.08. The molecule has 13 heteroatoms. The highest BCUT2D eigenvalue weighted by molar-refractivity contribution is 7.92. The second kappa shape index (κ2) is 9.80. The lowest BCUT2D eigenvalue weighted by molar-refractivity contribution is 0.551. The molecule has 0 fully saturated rings. The van der Waals surface area contributed by atoms with Crippen LogP contribution < -0.4 is 15.8 Å².